The van der Waals surface area contributed by atoms with E-state index in [9.17, 15) is 9.59 Å². The average molecular weight is 427 g/mol. The molecule has 0 bridgehead atoms. The van der Waals surface area contributed by atoms with E-state index in [1.165, 1.54) is 55.2 Å². The minimum absolute atomic E-state index is 0.0835. The van der Waals surface area contributed by atoms with Crippen LogP contribution in [0, 0.1) is 0 Å². The van der Waals surface area contributed by atoms with E-state index in [1.54, 1.807) is 0 Å². The zero-order chi connectivity index (χ0) is 19.8. The van der Waals surface area contributed by atoms with E-state index in [-0.39, 0.29) is 30.3 Å². The predicted molar refractivity (Wildman–Crippen MR) is 112 cm³/mol. The molecule has 3 rings (SSSR count). The fourth-order valence-corrected chi connectivity index (χ4v) is 5.52. The summed E-state index contributed by atoms with van der Waals surface area (Å²) in [6.07, 6.45) is 10.4. The fourth-order valence-electron chi connectivity index (χ4n) is 3.89. The first-order chi connectivity index (χ1) is 13.7. The van der Waals surface area contributed by atoms with Gasteiger partial charge in [-0.3, -0.25) is 9.59 Å². The lowest BCUT2D eigenvalue weighted by Gasteiger charge is -2.35. The summed E-state index contributed by atoms with van der Waals surface area (Å²) in [5, 5.41) is 12.5. The van der Waals surface area contributed by atoms with Gasteiger partial charge in [0.1, 0.15) is 0 Å². The highest BCUT2D eigenvalue weighted by atomic mass is 32.2. The van der Waals surface area contributed by atoms with Crippen LogP contribution in [0.25, 0.3) is 0 Å². The summed E-state index contributed by atoms with van der Waals surface area (Å²) in [6, 6.07) is 0.767. The van der Waals surface area contributed by atoms with Crippen molar-refractivity contribution < 1.29 is 14.3 Å². The molecule has 0 unspecified atom stereocenters. The fraction of sp³-hybridized carbons (Fsp3) is 0.789. The van der Waals surface area contributed by atoms with Crippen LogP contribution in [0.4, 0.5) is 5.13 Å². The van der Waals surface area contributed by atoms with Crippen LogP contribution >= 0.6 is 23.1 Å². The van der Waals surface area contributed by atoms with E-state index >= 15 is 0 Å². The predicted octanol–water partition coefficient (Wildman–Crippen LogP) is 3.71. The normalized spacial score (nSPS) is 20.8. The molecule has 0 radical (unpaired) electrons. The number of rotatable bonds is 8. The second kappa shape index (κ2) is 11.0. The van der Waals surface area contributed by atoms with E-state index in [1.807, 2.05) is 4.90 Å². The van der Waals surface area contributed by atoms with E-state index < -0.39 is 0 Å². The summed E-state index contributed by atoms with van der Waals surface area (Å²) in [5.41, 5.74) is 0. The number of aromatic nitrogens is 2. The van der Waals surface area contributed by atoms with Gasteiger partial charge >= 0.3 is 5.97 Å². The van der Waals surface area contributed by atoms with Gasteiger partial charge in [0.15, 0.2) is 10.9 Å². The molecule has 9 heteroatoms. The van der Waals surface area contributed by atoms with Gasteiger partial charge in [-0.25, -0.2) is 0 Å². The van der Waals surface area contributed by atoms with Crippen molar-refractivity contribution >= 4 is 40.1 Å². The van der Waals surface area contributed by atoms with Crippen LogP contribution in [-0.2, 0) is 14.3 Å². The van der Waals surface area contributed by atoms with Gasteiger partial charge in [0, 0.05) is 18.6 Å². The molecule has 1 N–H and O–H groups in total. The molecular weight excluding hydrogens is 396 g/mol. The lowest BCUT2D eigenvalue weighted by molar-refractivity contribution is -0.151. The summed E-state index contributed by atoms with van der Waals surface area (Å²) in [5.74, 6) is -0.331. The minimum atomic E-state index is -0.389. The third kappa shape index (κ3) is 6.34. The Bertz CT molecular complexity index is 649. The number of nitrogens with zero attached hydrogens (tertiary/aromatic N) is 3. The van der Waals surface area contributed by atoms with Crippen LogP contribution in [0.5, 0.6) is 0 Å². The molecule has 1 saturated heterocycles. The molecule has 28 heavy (non-hydrogen) atoms. The average Bonchev–Trinajstić information content (AvgIpc) is 3.18. The number of hydrogen-bond acceptors (Lipinski definition) is 8. The molecule has 1 atom stereocenters. The Kier molecular flexibility index (Phi) is 8.39. The van der Waals surface area contributed by atoms with Crippen molar-refractivity contribution in [2.45, 2.75) is 81.1 Å². The van der Waals surface area contributed by atoms with E-state index in [2.05, 4.69) is 22.4 Å². The van der Waals surface area contributed by atoms with Crippen LogP contribution in [0.2, 0.25) is 0 Å². The summed E-state index contributed by atoms with van der Waals surface area (Å²) in [7, 11) is 0. The second-order valence-corrected chi connectivity index (χ2v) is 9.65. The van der Waals surface area contributed by atoms with Gasteiger partial charge in [0.05, 0.1) is 5.75 Å². The largest absolute Gasteiger partial charge is 0.455 e. The maximum Gasteiger partial charge on any atom is 0.316 e. The maximum absolute atomic E-state index is 12.4. The molecule has 0 spiro atoms. The number of thioether (sulfide) groups is 1. The minimum Gasteiger partial charge on any atom is -0.455 e. The number of hydrogen-bond donors (Lipinski definition) is 1. The number of nitrogens with one attached hydrogen (secondary N) is 1. The number of carbonyl (C=O) groups is 2. The number of likely N-dealkylation sites (tertiary alicyclic amines) is 1. The van der Waals surface area contributed by atoms with Gasteiger partial charge in [-0.05, 0) is 38.5 Å². The molecule has 1 amide bonds. The Morgan fingerprint density at radius 3 is 2.75 bits per heavy atom. The van der Waals surface area contributed by atoms with Gasteiger partial charge < -0.3 is 15.0 Å². The topological polar surface area (TPSA) is 84.4 Å². The number of anilines is 1. The quantitative estimate of drug-likeness (QED) is 0.501. The summed E-state index contributed by atoms with van der Waals surface area (Å²) in [4.78, 5) is 26.2. The van der Waals surface area contributed by atoms with Crippen molar-refractivity contribution in [1.82, 2.24) is 15.1 Å². The van der Waals surface area contributed by atoms with E-state index in [0.717, 1.165) is 41.7 Å². The van der Waals surface area contributed by atoms with Crippen molar-refractivity contribution in [3.8, 4) is 0 Å². The first-order valence-corrected chi connectivity index (χ1v) is 12.1. The van der Waals surface area contributed by atoms with Crippen LogP contribution in [0.15, 0.2) is 4.34 Å². The van der Waals surface area contributed by atoms with Crippen molar-refractivity contribution in [3.63, 3.8) is 0 Å². The molecule has 2 fully saturated rings. The smallest absolute Gasteiger partial charge is 0.316 e. The molecule has 0 aromatic carbocycles. The highest BCUT2D eigenvalue weighted by Gasteiger charge is 2.26. The molecule has 156 valence electrons. The lowest BCUT2D eigenvalue weighted by atomic mass is 9.96. The van der Waals surface area contributed by atoms with Crippen molar-refractivity contribution in [2.75, 3.05) is 24.2 Å². The molecule has 1 aromatic heterocycles. The van der Waals surface area contributed by atoms with E-state index in [0.29, 0.717) is 6.04 Å². The Hall–Kier alpha value is -1.35. The standard InChI is InChI=1S/C19H30N4O3S2/c1-2-15-10-6-7-11-23(15)16(24)12-26-17(25)13-27-19-22-21-18(28-19)20-14-8-4-3-5-9-14/h14-15H,2-13H2,1H3,(H,20,21)/t15-/m0/s1. The third-order valence-electron chi connectivity index (χ3n) is 5.43. The van der Waals surface area contributed by atoms with Crippen molar-refractivity contribution in [1.29, 1.82) is 0 Å². The molecule has 1 aliphatic heterocycles. The Labute approximate surface area is 175 Å². The summed E-state index contributed by atoms with van der Waals surface area (Å²) in [6.45, 7) is 2.70. The van der Waals surface area contributed by atoms with Crippen LogP contribution in [0.1, 0.15) is 64.7 Å². The first kappa shape index (κ1) is 21.4. The maximum atomic E-state index is 12.4. The molecule has 1 aliphatic carbocycles. The summed E-state index contributed by atoms with van der Waals surface area (Å²) >= 11 is 2.77. The van der Waals surface area contributed by atoms with Gasteiger partial charge in [-0.2, -0.15) is 0 Å². The van der Waals surface area contributed by atoms with Gasteiger partial charge in [-0.15, -0.1) is 10.2 Å². The molecule has 2 heterocycles. The molecule has 2 aliphatic rings. The Morgan fingerprint density at radius 1 is 1.18 bits per heavy atom. The van der Waals surface area contributed by atoms with Gasteiger partial charge in [-0.1, -0.05) is 49.3 Å². The second-order valence-electron chi connectivity index (χ2n) is 7.45. The SMILES string of the molecule is CC[C@H]1CCCCN1C(=O)COC(=O)CSc1nnc(NC2CCCCC2)s1. The Balaban J connectivity index is 1.36. The number of esters is 1. The highest BCUT2D eigenvalue weighted by molar-refractivity contribution is 8.01. The Morgan fingerprint density at radius 2 is 1.96 bits per heavy atom. The number of piperidine rings is 1. The lowest BCUT2D eigenvalue weighted by Crippen LogP contribution is -2.45. The number of amides is 1. The van der Waals surface area contributed by atoms with E-state index in [4.69, 9.17) is 4.74 Å². The third-order valence-corrected chi connectivity index (χ3v) is 7.39. The van der Waals surface area contributed by atoms with Crippen LogP contribution in [0.3, 0.4) is 0 Å². The molecule has 1 saturated carbocycles. The first-order valence-electron chi connectivity index (χ1n) is 10.3. The molecule has 7 nitrogen and oxygen atoms in total. The number of carbonyl (C=O) groups excluding carboxylic acids is 2. The number of ether oxygens (including phenoxy) is 1. The molecule has 1 aromatic rings. The van der Waals surface area contributed by atoms with Crippen molar-refractivity contribution in [2.24, 2.45) is 0 Å². The van der Waals surface area contributed by atoms with Gasteiger partial charge in [0.25, 0.3) is 5.91 Å². The van der Waals surface area contributed by atoms with Crippen molar-refractivity contribution in [3.05, 3.63) is 0 Å². The zero-order valence-electron chi connectivity index (χ0n) is 16.5. The van der Waals surface area contributed by atoms with Crippen LogP contribution in [-0.4, -0.2) is 58.0 Å². The summed E-state index contributed by atoms with van der Waals surface area (Å²) < 4.78 is 5.93. The van der Waals surface area contributed by atoms with Gasteiger partial charge in [0.2, 0.25) is 5.13 Å². The zero-order valence-corrected chi connectivity index (χ0v) is 18.2. The monoisotopic (exact) mass is 426 g/mol. The van der Waals surface area contributed by atoms with Crippen LogP contribution < -0.4 is 5.32 Å². The molecular formula is C19H30N4O3S2. The highest BCUT2D eigenvalue weighted by Crippen LogP contribution is 2.28.